The molecule has 1 unspecified atom stereocenters. The number of benzene rings is 1. The van der Waals surface area contributed by atoms with Crippen molar-refractivity contribution >= 4 is 17.5 Å². The van der Waals surface area contributed by atoms with Crippen molar-refractivity contribution in [1.82, 2.24) is 15.1 Å². The van der Waals surface area contributed by atoms with E-state index in [1.165, 1.54) is 0 Å². The van der Waals surface area contributed by atoms with E-state index in [0.717, 1.165) is 11.3 Å². The van der Waals surface area contributed by atoms with Gasteiger partial charge in [-0.2, -0.15) is 5.10 Å². The molecule has 0 aliphatic carbocycles. The van der Waals surface area contributed by atoms with Crippen LogP contribution in [0.5, 0.6) is 0 Å². The topological polar surface area (TPSA) is 67.2 Å². The quantitative estimate of drug-likeness (QED) is 0.779. The predicted molar refractivity (Wildman–Crippen MR) is 71.4 cm³/mol. The summed E-state index contributed by atoms with van der Waals surface area (Å²) in [5.41, 5.74) is 3.27. The van der Waals surface area contributed by atoms with Gasteiger partial charge in [0.05, 0.1) is 11.3 Å². The number of hydrogen-bond donors (Lipinski definition) is 1. The maximum absolute atomic E-state index is 12.6. The van der Waals surface area contributed by atoms with Crippen molar-refractivity contribution in [3.05, 3.63) is 46.8 Å². The van der Waals surface area contributed by atoms with Crippen molar-refractivity contribution in [2.75, 3.05) is 4.90 Å². The van der Waals surface area contributed by atoms with Gasteiger partial charge in [0.15, 0.2) is 5.69 Å². The van der Waals surface area contributed by atoms with Gasteiger partial charge >= 0.3 is 0 Å². The van der Waals surface area contributed by atoms with Gasteiger partial charge in [0.2, 0.25) is 0 Å². The summed E-state index contributed by atoms with van der Waals surface area (Å²) in [5.74, 6) is -0.327. The molecule has 2 aromatic rings. The number of fused-ring (bicyclic) bond motifs is 5. The van der Waals surface area contributed by atoms with Crippen LogP contribution in [0.1, 0.15) is 38.3 Å². The maximum atomic E-state index is 12.6. The van der Waals surface area contributed by atoms with Gasteiger partial charge in [-0.1, -0.05) is 12.1 Å². The molecule has 2 amide bonds. The van der Waals surface area contributed by atoms with Gasteiger partial charge in [0.1, 0.15) is 6.17 Å². The zero-order valence-corrected chi connectivity index (χ0v) is 11.0. The highest BCUT2D eigenvalue weighted by Gasteiger charge is 2.46. The van der Waals surface area contributed by atoms with Crippen LogP contribution in [0, 0.1) is 6.92 Å². The Hall–Kier alpha value is -2.63. The standard InChI is InChI=1S/C14H12N4O2/c1-7-10-11(16-17(7)2)14(20)18-9-6-4-3-5-8(9)13(19)15-12(10)18/h3-6,12H,1-2H3,(H,15,19). The molecule has 4 rings (SSSR count). The summed E-state index contributed by atoms with van der Waals surface area (Å²) in [4.78, 5) is 26.4. The third kappa shape index (κ3) is 1.16. The highest BCUT2D eigenvalue weighted by Crippen LogP contribution is 2.41. The molecule has 0 saturated heterocycles. The molecule has 6 nitrogen and oxygen atoms in total. The van der Waals surface area contributed by atoms with Crippen molar-refractivity contribution < 1.29 is 9.59 Å². The molecule has 0 fully saturated rings. The normalized spacial score (nSPS) is 19.5. The van der Waals surface area contributed by atoms with Gasteiger partial charge < -0.3 is 5.32 Å². The van der Waals surface area contributed by atoms with Crippen LogP contribution < -0.4 is 10.2 Å². The molecule has 3 heterocycles. The van der Waals surface area contributed by atoms with Gasteiger partial charge in [0, 0.05) is 18.3 Å². The maximum Gasteiger partial charge on any atom is 0.281 e. The number of amides is 2. The SMILES string of the molecule is Cc1c2c(nn1C)C(=O)N1c3ccccc3C(=O)NC21. The molecule has 0 saturated carbocycles. The van der Waals surface area contributed by atoms with Crippen LogP contribution in [0.2, 0.25) is 0 Å². The van der Waals surface area contributed by atoms with Crippen LogP contribution in [0.4, 0.5) is 5.69 Å². The lowest BCUT2D eigenvalue weighted by molar-refractivity contribution is 0.0910. The van der Waals surface area contributed by atoms with E-state index in [0.29, 0.717) is 16.9 Å². The number of nitrogens with zero attached hydrogens (tertiary/aromatic N) is 3. The minimum absolute atomic E-state index is 0.161. The van der Waals surface area contributed by atoms with Gasteiger partial charge in [-0.25, -0.2) is 0 Å². The first-order chi connectivity index (χ1) is 9.59. The van der Waals surface area contributed by atoms with E-state index in [9.17, 15) is 9.59 Å². The number of nitrogens with one attached hydrogen (secondary N) is 1. The summed E-state index contributed by atoms with van der Waals surface area (Å²) >= 11 is 0. The molecule has 1 aromatic heterocycles. The second-order valence-electron chi connectivity index (χ2n) is 5.04. The average Bonchev–Trinajstić information content (AvgIpc) is 2.88. The monoisotopic (exact) mass is 268 g/mol. The Kier molecular flexibility index (Phi) is 1.95. The zero-order chi connectivity index (χ0) is 14.0. The Morgan fingerprint density at radius 3 is 2.80 bits per heavy atom. The smallest absolute Gasteiger partial charge is 0.281 e. The summed E-state index contributed by atoms with van der Waals surface area (Å²) in [6.07, 6.45) is -0.450. The second-order valence-corrected chi connectivity index (χ2v) is 5.04. The molecular weight excluding hydrogens is 256 g/mol. The molecule has 0 spiro atoms. The van der Waals surface area contributed by atoms with E-state index >= 15 is 0 Å². The van der Waals surface area contributed by atoms with Gasteiger partial charge in [0.25, 0.3) is 11.8 Å². The highest BCUT2D eigenvalue weighted by molar-refractivity contribution is 6.16. The van der Waals surface area contributed by atoms with Crippen LogP contribution >= 0.6 is 0 Å². The van der Waals surface area contributed by atoms with Gasteiger partial charge in [-0.15, -0.1) is 0 Å². The Morgan fingerprint density at radius 1 is 1.25 bits per heavy atom. The number of hydrogen-bond acceptors (Lipinski definition) is 3. The number of aromatic nitrogens is 2. The van der Waals surface area contributed by atoms with Gasteiger partial charge in [-0.05, 0) is 19.1 Å². The fourth-order valence-corrected chi connectivity index (χ4v) is 2.93. The second kappa shape index (κ2) is 3.47. The molecule has 1 atom stereocenters. The molecule has 6 heteroatoms. The summed E-state index contributed by atoms with van der Waals surface area (Å²) in [5, 5.41) is 7.16. The minimum Gasteiger partial charge on any atom is -0.327 e. The first kappa shape index (κ1) is 11.2. The molecule has 1 aromatic carbocycles. The number of carbonyl (C=O) groups is 2. The first-order valence-corrected chi connectivity index (χ1v) is 6.36. The van der Waals surface area contributed by atoms with Crippen molar-refractivity contribution in [2.45, 2.75) is 13.1 Å². The van der Waals surface area contributed by atoms with Crippen LogP contribution in [0.15, 0.2) is 24.3 Å². The number of para-hydroxylation sites is 1. The van der Waals surface area contributed by atoms with E-state index in [-0.39, 0.29) is 11.8 Å². The van der Waals surface area contributed by atoms with E-state index in [2.05, 4.69) is 10.4 Å². The van der Waals surface area contributed by atoms with E-state index in [1.54, 1.807) is 34.8 Å². The fraction of sp³-hybridized carbons (Fsp3) is 0.214. The molecule has 0 radical (unpaired) electrons. The third-order valence-corrected chi connectivity index (χ3v) is 4.01. The molecule has 2 aliphatic rings. The third-order valence-electron chi connectivity index (χ3n) is 4.01. The number of aryl methyl sites for hydroxylation is 1. The molecule has 2 aliphatic heterocycles. The zero-order valence-electron chi connectivity index (χ0n) is 11.0. The van der Waals surface area contributed by atoms with Crippen molar-refractivity contribution in [3.63, 3.8) is 0 Å². The number of anilines is 1. The number of rotatable bonds is 0. The largest absolute Gasteiger partial charge is 0.327 e. The summed E-state index contributed by atoms with van der Waals surface area (Å²) in [6.45, 7) is 1.90. The lowest BCUT2D eigenvalue weighted by atomic mass is 10.1. The van der Waals surface area contributed by atoms with E-state index in [4.69, 9.17) is 0 Å². The van der Waals surface area contributed by atoms with E-state index in [1.807, 2.05) is 13.0 Å². The Balaban J connectivity index is 1.97. The summed E-state index contributed by atoms with van der Waals surface area (Å²) < 4.78 is 1.67. The Bertz CT molecular complexity index is 777. The molecule has 20 heavy (non-hydrogen) atoms. The summed E-state index contributed by atoms with van der Waals surface area (Å²) in [6, 6.07) is 7.12. The van der Waals surface area contributed by atoms with Crippen molar-refractivity contribution in [3.8, 4) is 0 Å². The number of carbonyl (C=O) groups excluding carboxylic acids is 2. The molecular formula is C14H12N4O2. The van der Waals surface area contributed by atoms with E-state index < -0.39 is 6.17 Å². The predicted octanol–water partition coefficient (Wildman–Crippen LogP) is 1.13. The minimum atomic E-state index is -0.450. The summed E-state index contributed by atoms with van der Waals surface area (Å²) in [7, 11) is 1.80. The Morgan fingerprint density at radius 2 is 2.00 bits per heavy atom. The molecule has 100 valence electrons. The molecule has 0 bridgehead atoms. The van der Waals surface area contributed by atoms with Crippen LogP contribution in [-0.4, -0.2) is 21.6 Å². The first-order valence-electron chi connectivity index (χ1n) is 6.36. The van der Waals surface area contributed by atoms with Crippen LogP contribution in [0.3, 0.4) is 0 Å². The lowest BCUT2D eigenvalue weighted by Crippen LogP contribution is -2.45. The highest BCUT2D eigenvalue weighted by atomic mass is 16.2. The Labute approximate surface area is 115 Å². The average molecular weight is 268 g/mol. The van der Waals surface area contributed by atoms with Crippen LogP contribution in [-0.2, 0) is 7.05 Å². The van der Waals surface area contributed by atoms with Gasteiger partial charge in [-0.3, -0.25) is 19.2 Å². The van der Waals surface area contributed by atoms with Crippen molar-refractivity contribution in [1.29, 1.82) is 0 Å². The van der Waals surface area contributed by atoms with Crippen molar-refractivity contribution in [2.24, 2.45) is 7.05 Å². The molecule has 1 N–H and O–H groups in total. The lowest BCUT2D eigenvalue weighted by Gasteiger charge is -2.32. The van der Waals surface area contributed by atoms with Crippen LogP contribution in [0.25, 0.3) is 0 Å². The fourth-order valence-electron chi connectivity index (χ4n) is 2.93.